The molecule has 1 amide bonds. The van der Waals surface area contributed by atoms with E-state index in [0.717, 1.165) is 0 Å². The summed E-state index contributed by atoms with van der Waals surface area (Å²) in [6.45, 7) is 1.58. The molecular weight excluding hydrogens is 354 g/mol. The first kappa shape index (κ1) is 17.7. The third-order valence-corrected chi connectivity index (χ3v) is 3.92. The number of benzene rings is 2. The number of ether oxygens (including phenoxy) is 1. The van der Waals surface area contributed by atoms with E-state index in [1.54, 1.807) is 54.6 Å². The lowest BCUT2D eigenvalue weighted by Crippen LogP contribution is -2.19. The number of aromatic nitrogens is 2. The fraction of sp³-hybridized carbons (Fsp3) is 0.105. The number of rotatable bonds is 6. The van der Waals surface area contributed by atoms with Gasteiger partial charge < -0.3 is 10.1 Å². The van der Waals surface area contributed by atoms with Crippen LogP contribution in [0.5, 0.6) is 5.75 Å². The summed E-state index contributed by atoms with van der Waals surface area (Å²) in [5, 5.41) is 7.50. The van der Waals surface area contributed by atoms with Crippen molar-refractivity contribution < 1.29 is 14.3 Å². The second-order valence-electron chi connectivity index (χ2n) is 5.53. The Hall–Kier alpha value is -3.12. The van der Waals surface area contributed by atoms with Gasteiger partial charge in [0.2, 0.25) is 0 Å². The standard InChI is InChI=1S/C19H16ClN3O3/c1-13(24)14-2-6-16(7-3-14)22-19(25)18-10-11-21-23(18)12-26-17-8-4-15(20)5-9-17/h2-11H,12H2,1H3,(H,22,25). The molecule has 0 saturated heterocycles. The zero-order valence-corrected chi connectivity index (χ0v) is 14.7. The Labute approximate surface area is 155 Å². The summed E-state index contributed by atoms with van der Waals surface area (Å²) in [7, 11) is 0. The highest BCUT2D eigenvalue weighted by molar-refractivity contribution is 6.30. The van der Waals surface area contributed by atoms with Crippen LogP contribution < -0.4 is 10.1 Å². The van der Waals surface area contributed by atoms with Crippen LogP contribution in [0, 0.1) is 0 Å². The Morgan fingerprint density at radius 2 is 1.77 bits per heavy atom. The van der Waals surface area contributed by atoms with Gasteiger partial charge in [-0.2, -0.15) is 5.10 Å². The number of amides is 1. The van der Waals surface area contributed by atoms with Crippen molar-refractivity contribution in [2.24, 2.45) is 0 Å². The minimum Gasteiger partial charge on any atom is -0.471 e. The fourth-order valence-corrected chi connectivity index (χ4v) is 2.40. The van der Waals surface area contributed by atoms with Crippen LogP contribution in [0.3, 0.4) is 0 Å². The molecule has 0 atom stereocenters. The largest absolute Gasteiger partial charge is 0.471 e. The van der Waals surface area contributed by atoms with Gasteiger partial charge in [0.1, 0.15) is 11.4 Å². The van der Waals surface area contributed by atoms with Crippen molar-refractivity contribution >= 4 is 29.0 Å². The predicted octanol–water partition coefficient (Wildman–Crippen LogP) is 4.03. The van der Waals surface area contributed by atoms with Crippen LogP contribution in [-0.4, -0.2) is 21.5 Å². The molecule has 1 aromatic heterocycles. The highest BCUT2D eigenvalue weighted by Crippen LogP contribution is 2.16. The van der Waals surface area contributed by atoms with Gasteiger partial charge in [-0.1, -0.05) is 11.6 Å². The Kier molecular flexibility index (Phi) is 5.34. The highest BCUT2D eigenvalue weighted by Gasteiger charge is 2.13. The van der Waals surface area contributed by atoms with Gasteiger partial charge in [-0.15, -0.1) is 0 Å². The molecule has 0 aliphatic rings. The first-order chi connectivity index (χ1) is 12.5. The van der Waals surface area contributed by atoms with Crippen LogP contribution in [-0.2, 0) is 6.73 Å². The number of nitrogens with one attached hydrogen (secondary N) is 1. The maximum absolute atomic E-state index is 12.5. The molecule has 1 heterocycles. The zero-order valence-electron chi connectivity index (χ0n) is 14.0. The van der Waals surface area contributed by atoms with E-state index >= 15 is 0 Å². The quantitative estimate of drug-likeness (QED) is 0.666. The van der Waals surface area contributed by atoms with Crippen molar-refractivity contribution in [3.63, 3.8) is 0 Å². The molecule has 0 aliphatic carbocycles. The first-order valence-electron chi connectivity index (χ1n) is 7.85. The van der Waals surface area contributed by atoms with Crippen molar-refractivity contribution in [2.75, 3.05) is 5.32 Å². The summed E-state index contributed by atoms with van der Waals surface area (Å²) in [5.74, 6) is 0.272. The average molecular weight is 370 g/mol. The fourth-order valence-electron chi connectivity index (χ4n) is 2.28. The van der Waals surface area contributed by atoms with Crippen LogP contribution in [0.4, 0.5) is 5.69 Å². The molecule has 0 fully saturated rings. The molecule has 0 aliphatic heterocycles. The normalized spacial score (nSPS) is 10.4. The minimum absolute atomic E-state index is 0.0275. The number of hydrogen-bond donors (Lipinski definition) is 1. The third-order valence-electron chi connectivity index (χ3n) is 3.67. The highest BCUT2D eigenvalue weighted by atomic mass is 35.5. The predicted molar refractivity (Wildman–Crippen MR) is 98.7 cm³/mol. The van der Waals surface area contributed by atoms with Gasteiger partial charge in [0, 0.05) is 22.5 Å². The lowest BCUT2D eigenvalue weighted by atomic mass is 10.1. The first-order valence-corrected chi connectivity index (χ1v) is 8.23. The van der Waals surface area contributed by atoms with Crippen molar-refractivity contribution in [2.45, 2.75) is 13.7 Å². The van der Waals surface area contributed by atoms with Crippen molar-refractivity contribution in [1.82, 2.24) is 9.78 Å². The van der Waals surface area contributed by atoms with E-state index in [1.807, 2.05) is 0 Å². The summed E-state index contributed by atoms with van der Waals surface area (Å²) in [5.41, 5.74) is 1.53. The molecule has 132 valence electrons. The third kappa shape index (κ3) is 4.29. The number of carbonyl (C=O) groups is 2. The van der Waals surface area contributed by atoms with Crippen LogP contribution >= 0.6 is 11.6 Å². The average Bonchev–Trinajstić information content (AvgIpc) is 3.10. The Bertz CT molecular complexity index is 918. The van der Waals surface area contributed by atoms with Crippen molar-refractivity contribution in [3.05, 3.63) is 77.1 Å². The molecule has 7 heteroatoms. The molecule has 0 spiro atoms. The van der Waals surface area contributed by atoms with E-state index in [2.05, 4.69) is 10.4 Å². The van der Waals surface area contributed by atoms with E-state index in [0.29, 0.717) is 27.7 Å². The van der Waals surface area contributed by atoms with Gasteiger partial charge in [-0.3, -0.25) is 9.59 Å². The van der Waals surface area contributed by atoms with Crippen LogP contribution in [0.2, 0.25) is 5.02 Å². The molecule has 6 nitrogen and oxygen atoms in total. The van der Waals surface area contributed by atoms with Gasteiger partial charge in [0.15, 0.2) is 12.5 Å². The molecule has 0 bridgehead atoms. The van der Waals surface area contributed by atoms with E-state index in [9.17, 15) is 9.59 Å². The number of ketones is 1. The van der Waals surface area contributed by atoms with Gasteiger partial charge in [0.05, 0.1) is 0 Å². The molecule has 3 aromatic rings. The maximum Gasteiger partial charge on any atom is 0.274 e. The van der Waals surface area contributed by atoms with Gasteiger partial charge in [-0.05, 0) is 61.5 Å². The summed E-state index contributed by atoms with van der Waals surface area (Å²) in [6.07, 6.45) is 1.53. The number of hydrogen-bond acceptors (Lipinski definition) is 4. The van der Waals surface area contributed by atoms with Gasteiger partial charge in [-0.25, -0.2) is 4.68 Å². The minimum atomic E-state index is -0.321. The Morgan fingerprint density at radius 3 is 2.42 bits per heavy atom. The van der Waals surface area contributed by atoms with E-state index in [4.69, 9.17) is 16.3 Å². The lowest BCUT2D eigenvalue weighted by Gasteiger charge is -2.10. The molecule has 3 rings (SSSR count). The Morgan fingerprint density at radius 1 is 1.08 bits per heavy atom. The van der Waals surface area contributed by atoms with Crippen LogP contribution in [0.25, 0.3) is 0 Å². The second kappa shape index (κ2) is 7.84. The topological polar surface area (TPSA) is 73.2 Å². The van der Waals surface area contributed by atoms with Crippen molar-refractivity contribution in [1.29, 1.82) is 0 Å². The number of anilines is 1. The molecule has 0 saturated carbocycles. The summed E-state index contributed by atoms with van der Waals surface area (Å²) < 4.78 is 7.07. The molecule has 2 aromatic carbocycles. The summed E-state index contributed by atoms with van der Waals surface area (Å²) in [6, 6.07) is 15.2. The lowest BCUT2D eigenvalue weighted by molar-refractivity contribution is 0.0998. The molecule has 1 N–H and O–H groups in total. The smallest absolute Gasteiger partial charge is 0.274 e. The maximum atomic E-state index is 12.5. The van der Waals surface area contributed by atoms with Crippen molar-refractivity contribution in [3.8, 4) is 5.75 Å². The second-order valence-corrected chi connectivity index (χ2v) is 5.97. The number of Topliss-reactive ketones (excluding diaryl/α,β-unsaturated/α-hetero) is 1. The number of halogens is 1. The number of carbonyl (C=O) groups excluding carboxylic acids is 2. The van der Waals surface area contributed by atoms with Gasteiger partial charge in [0.25, 0.3) is 5.91 Å². The zero-order chi connectivity index (χ0) is 18.5. The SMILES string of the molecule is CC(=O)c1ccc(NC(=O)c2ccnn2COc2ccc(Cl)cc2)cc1. The summed E-state index contributed by atoms with van der Waals surface area (Å²) >= 11 is 5.84. The van der Waals surface area contributed by atoms with E-state index < -0.39 is 0 Å². The summed E-state index contributed by atoms with van der Waals surface area (Å²) in [4.78, 5) is 23.8. The molecule has 26 heavy (non-hydrogen) atoms. The molecule has 0 radical (unpaired) electrons. The Balaban J connectivity index is 1.66. The van der Waals surface area contributed by atoms with E-state index in [1.165, 1.54) is 17.8 Å². The van der Waals surface area contributed by atoms with Crippen LogP contribution in [0.15, 0.2) is 60.8 Å². The molecular formula is C19H16ClN3O3. The monoisotopic (exact) mass is 369 g/mol. The van der Waals surface area contributed by atoms with Crippen LogP contribution in [0.1, 0.15) is 27.8 Å². The number of nitrogens with zero attached hydrogens (tertiary/aromatic N) is 2. The molecule has 0 unspecified atom stereocenters. The van der Waals surface area contributed by atoms with Gasteiger partial charge >= 0.3 is 0 Å². The van der Waals surface area contributed by atoms with E-state index in [-0.39, 0.29) is 18.4 Å².